The average molecular weight is 312 g/mol. The van der Waals surface area contributed by atoms with Gasteiger partial charge < -0.3 is 10.4 Å². The van der Waals surface area contributed by atoms with Crippen LogP contribution in [0.4, 0.5) is 0 Å². The third-order valence-corrected chi connectivity index (χ3v) is 3.46. The van der Waals surface area contributed by atoms with Crippen LogP contribution in [0.2, 0.25) is 0 Å². The number of nitrogens with zero attached hydrogens (tertiary/aromatic N) is 1. The number of benzene rings is 1. The first kappa shape index (κ1) is 16.7. The fourth-order valence-electron chi connectivity index (χ4n) is 2.17. The zero-order valence-corrected chi connectivity index (χ0v) is 12.9. The number of nitrogens with one attached hydrogen (secondary N) is 1. The number of aryl methyl sites for hydroxylation is 1. The topological polar surface area (TPSA) is 79.3 Å². The lowest BCUT2D eigenvalue weighted by Crippen LogP contribution is -2.25. The van der Waals surface area contributed by atoms with Gasteiger partial charge in [0.1, 0.15) is 5.75 Å². The van der Waals surface area contributed by atoms with E-state index in [-0.39, 0.29) is 30.3 Å². The van der Waals surface area contributed by atoms with Crippen molar-refractivity contribution in [2.24, 2.45) is 0 Å². The standard InChI is InChI=1S/C18H20N2O3/c21-16-7-5-14(6-8-16)3-1-12-20-18(23)10-9-17(22)15-4-2-11-19-13-15/h2,4-8,11,13,21H,1,3,9-10,12H2,(H,20,23). The molecule has 0 radical (unpaired) electrons. The van der Waals surface area contributed by atoms with Crippen molar-refractivity contribution in [1.29, 1.82) is 0 Å². The van der Waals surface area contributed by atoms with Crippen molar-refractivity contribution in [2.75, 3.05) is 6.54 Å². The summed E-state index contributed by atoms with van der Waals surface area (Å²) in [5.74, 6) is 0.0608. The number of ketones is 1. The monoisotopic (exact) mass is 312 g/mol. The number of carbonyl (C=O) groups is 2. The first-order chi connectivity index (χ1) is 11.1. The molecular weight excluding hydrogens is 292 g/mol. The van der Waals surface area contributed by atoms with Crippen molar-refractivity contribution in [3.05, 3.63) is 59.9 Å². The summed E-state index contributed by atoms with van der Waals surface area (Å²) in [4.78, 5) is 27.5. The number of phenols is 1. The van der Waals surface area contributed by atoms with Gasteiger partial charge in [-0.25, -0.2) is 0 Å². The maximum Gasteiger partial charge on any atom is 0.220 e. The molecule has 0 aliphatic rings. The summed E-state index contributed by atoms with van der Waals surface area (Å²) in [7, 11) is 0. The minimum absolute atomic E-state index is 0.0719. The zero-order valence-electron chi connectivity index (χ0n) is 12.9. The van der Waals surface area contributed by atoms with Gasteiger partial charge in [0, 0.05) is 37.3 Å². The van der Waals surface area contributed by atoms with Crippen LogP contribution in [0.1, 0.15) is 35.2 Å². The van der Waals surface area contributed by atoms with Crippen LogP contribution >= 0.6 is 0 Å². The Labute approximate surface area is 135 Å². The summed E-state index contributed by atoms with van der Waals surface area (Å²) in [6.45, 7) is 0.570. The molecule has 0 saturated heterocycles. The fraction of sp³-hybridized carbons (Fsp3) is 0.278. The van der Waals surface area contributed by atoms with Crippen LogP contribution in [0.15, 0.2) is 48.8 Å². The van der Waals surface area contributed by atoms with Gasteiger partial charge in [-0.05, 0) is 42.7 Å². The Morgan fingerprint density at radius 3 is 2.57 bits per heavy atom. The molecule has 0 spiro atoms. The molecule has 2 rings (SSSR count). The molecule has 0 bridgehead atoms. The lowest BCUT2D eigenvalue weighted by Gasteiger charge is -2.05. The molecule has 0 unspecified atom stereocenters. The summed E-state index contributed by atoms with van der Waals surface area (Å²) < 4.78 is 0. The van der Waals surface area contributed by atoms with Crippen molar-refractivity contribution < 1.29 is 14.7 Å². The molecule has 0 aliphatic carbocycles. The number of amides is 1. The minimum Gasteiger partial charge on any atom is -0.508 e. The van der Waals surface area contributed by atoms with Crippen molar-refractivity contribution in [3.8, 4) is 5.75 Å². The molecule has 0 saturated carbocycles. The SMILES string of the molecule is O=C(CCC(=O)c1cccnc1)NCCCc1ccc(O)cc1. The average Bonchev–Trinajstić information content (AvgIpc) is 2.59. The van der Waals surface area contributed by atoms with Crippen LogP contribution in [0, 0.1) is 0 Å². The Morgan fingerprint density at radius 1 is 1.09 bits per heavy atom. The van der Waals surface area contributed by atoms with E-state index in [9.17, 15) is 14.7 Å². The van der Waals surface area contributed by atoms with E-state index in [4.69, 9.17) is 0 Å². The summed E-state index contributed by atoms with van der Waals surface area (Å²) in [6, 6.07) is 10.4. The van der Waals surface area contributed by atoms with Gasteiger partial charge >= 0.3 is 0 Å². The second-order valence-electron chi connectivity index (χ2n) is 5.28. The van der Waals surface area contributed by atoms with Gasteiger partial charge in [0.25, 0.3) is 0 Å². The third kappa shape index (κ3) is 5.90. The highest BCUT2D eigenvalue weighted by Crippen LogP contribution is 2.10. The Balaban J connectivity index is 1.62. The van der Waals surface area contributed by atoms with Crippen LogP contribution < -0.4 is 5.32 Å². The summed E-state index contributed by atoms with van der Waals surface area (Å²) in [6.07, 6.45) is 5.14. The summed E-state index contributed by atoms with van der Waals surface area (Å²) in [5.41, 5.74) is 1.65. The van der Waals surface area contributed by atoms with E-state index in [1.807, 2.05) is 12.1 Å². The number of carbonyl (C=O) groups excluding carboxylic acids is 2. The molecule has 120 valence electrons. The minimum atomic E-state index is -0.118. The molecule has 2 aromatic rings. The van der Waals surface area contributed by atoms with E-state index in [1.165, 1.54) is 6.20 Å². The molecule has 1 amide bonds. The number of aromatic hydroxyl groups is 1. The van der Waals surface area contributed by atoms with Gasteiger partial charge in [-0.1, -0.05) is 12.1 Å². The second kappa shape index (κ2) is 8.68. The number of Topliss-reactive ketones (excluding diaryl/α,β-unsaturated/α-hetero) is 1. The molecule has 0 fully saturated rings. The molecule has 1 aromatic heterocycles. The number of pyridine rings is 1. The van der Waals surface area contributed by atoms with Crippen LogP contribution in [-0.2, 0) is 11.2 Å². The maximum absolute atomic E-state index is 11.9. The van der Waals surface area contributed by atoms with E-state index in [0.29, 0.717) is 12.1 Å². The van der Waals surface area contributed by atoms with E-state index >= 15 is 0 Å². The van der Waals surface area contributed by atoms with Crippen molar-refractivity contribution >= 4 is 11.7 Å². The fourth-order valence-corrected chi connectivity index (χ4v) is 2.17. The van der Waals surface area contributed by atoms with E-state index in [1.54, 1.807) is 30.5 Å². The van der Waals surface area contributed by atoms with Crippen LogP contribution in [0.3, 0.4) is 0 Å². The Kier molecular flexibility index (Phi) is 6.29. The normalized spacial score (nSPS) is 10.3. The molecule has 5 nitrogen and oxygen atoms in total. The number of hydrogen-bond acceptors (Lipinski definition) is 4. The van der Waals surface area contributed by atoms with Crippen molar-refractivity contribution in [1.82, 2.24) is 10.3 Å². The molecule has 0 aliphatic heterocycles. The summed E-state index contributed by atoms with van der Waals surface area (Å²) in [5, 5.41) is 12.0. The molecule has 5 heteroatoms. The molecule has 1 aromatic carbocycles. The predicted octanol–water partition coefficient (Wildman–Crippen LogP) is 2.50. The number of aromatic nitrogens is 1. The Bertz CT molecular complexity index is 639. The van der Waals surface area contributed by atoms with Crippen molar-refractivity contribution in [2.45, 2.75) is 25.7 Å². The Hall–Kier alpha value is -2.69. The van der Waals surface area contributed by atoms with E-state index < -0.39 is 0 Å². The van der Waals surface area contributed by atoms with Gasteiger partial charge in [-0.2, -0.15) is 0 Å². The molecule has 1 heterocycles. The molecular formula is C18H20N2O3. The lowest BCUT2D eigenvalue weighted by atomic mass is 10.1. The zero-order chi connectivity index (χ0) is 16.5. The smallest absolute Gasteiger partial charge is 0.220 e. The quantitative estimate of drug-likeness (QED) is 0.580. The van der Waals surface area contributed by atoms with Crippen LogP contribution in [-0.4, -0.2) is 28.3 Å². The molecule has 23 heavy (non-hydrogen) atoms. The van der Waals surface area contributed by atoms with Gasteiger partial charge in [0.2, 0.25) is 5.91 Å². The van der Waals surface area contributed by atoms with Gasteiger partial charge in [0.05, 0.1) is 0 Å². The van der Waals surface area contributed by atoms with Crippen LogP contribution in [0.25, 0.3) is 0 Å². The highest BCUT2D eigenvalue weighted by atomic mass is 16.3. The van der Waals surface area contributed by atoms with E-state index in [2.05, 4.69) is 10.3 Å². The largest absolute Gasteiger partial charge is 0.508 e. The number of phenolic OH excluding ortho intramolecular Hbond substituents is 1. The second-order valence-corrected chi connectivity index (χ2v) is 5.28. The number of hydrogen-bond donors (Lipinski definition) is 2. The van der Waals surface area contributed by atoms with Gasteiger partial charge in [-0.15, -0.1) is 0 Å². The first-order valence-corrected chi connectivity index (χ1v) is 7.63. The first-order valence-electron chi connectivity index (χ1n) is 7.63. The van der Waals surface area contributed by atoms with E-state index in [0.717, 1.165) is 18.4 Å². The van der Waals surface area contributed by atoms with Gasteiger partial charge in [-0.3, -0.25) is 14.6 Å². The summed E-state index contributed by atoms with van der Waals surface area (Å²) >= 11 is 0. The molecule has 0 atom stereocenters. The maximum atomic E-state index is 11.9. The third-order valence-electron chi connectivity index (χ3n) is 3.46. The molecule has 2 N–H and O–H groups in total. The highest BCUT2D eigenvalue weighted by Gasteiger charge is 2.08. The van der Waals surface area contributed by atoms with Gasteiger partial charge in [0.15, 0.2) is 5.78 Å². The highest BCUT2D eigenvalue weighted by molar-refractivity contribution is 5.97. The van der Waals surface area contributed by atoms with Crippen molar-refractivity contribution in [3.63, 3.8) is 0 Å². The Morgan fingerprint density at radius 2 is 1.87 bits per heavy atom. The predicted molar refractivity (Wildman–Crippen MR) is 87.2 cm³/mol. The lowest BCUT2D eigenvalue weighted by molar-refractivity contribution is -0.121. The van der Waals surface area contributed by atoms with Crippen LogP contribution in [0.5, 0.6) is 5.75 Å². The number of rotatable bonds is 8.